The predicted molar refractivity (Wildman–Crippen MR) is 99.5 cm³/mol. The van der Waals surface area contributed by atoms with Crippen LogP contribution in [0.4, 0.5) is 0 Å². The molecule has 0 fully saturated rings. The number of aromatic nitrogens is 2. The Balaban J connectivity index is 0.000000136. The molecule has 0 aliphatic rings. The van der Waals surface area contributed by atoms with Crippen LogP contribution in [0.2, 0.25) is 0 Å². The van der Waals surface area contributed by atoms with E-state index < -0.39 is 0 Å². The van der Waals surface area contributed by atoms with Gasteiger partial charge in [0.1, 0.15) is 12.0 Å². The quantitative estimate of drug-likeness (QED) is 0.427. The van der Waals surface area contributed by atoms with Crippen LogP contribution in [0.5, 0.6) is 0 Å². The lowest BCUT2D eigenvalue weighted by Gasteiger charge is -1.86. The van der Waals surface area contributed by atoms with Crippen LogP contribution in [0.3, 0.4) is 0 Å². The first kappa shape index (κ1) is 16.1. The number of rotatable bonds is 2. The minimum Gasteiger partial charge on any atom is -0.364 e. The van der Waals surface area contributed by atoms with Crippen LogP contribution in [0.15, 0.2) is 46.5 Å². The predicted octanol–water partition coefficient (Wildman–Crippen LogP) is 6.20. The number of hydrogen-bond donors (Lipinski definition) is 0. The van der Waals surface area contributed by atoms with Gasteiger partial charge in [0, 0.05) is 21.2 Å². The Kier molecular flexibility index (Phi) is 5.05. The number of nitrogens with zero attached hydrogens (tertiary/aromatic N) is 2. The minimum absolute atomic E-state index is 0.920. The zero-order valence-corrected chi connectivity index (χ0v) is 15.5. The Morgan fingerprint density at radius 2 is 1.48 bits per heavy atom. The smallest absolute Gasteiger partial charge is 0.124 e. The largest absolute Gasteiger partial charge is 0.364 e. The molecule has 6 heteroatoms. The molecule has 0 unspecified atom stereocenters. The van der Waals surface area contributed by atoms with Gasteiger partial charge in [-0.2, -0.15) is 0 Å². The van der Waals surface area contributed by atoms with Gasteiger partial charge in [-0.05, 0) is 45.0 Å². The third-order valence-corrected chi connectivity index (χ3v) is 5.86. The average molecular weight is 361 g/mol. The molecule has 23 heavy (non-hydrogen) atoms. The van der Waals surface area contributed by atoms with Gasteiger partial charge in [0.25, 0.3) is 0 Å². The molecule has 0 spiro atoms. The molecule has 0 saturated carbocycles. The van der Waals surface area contributed by atoms with Crippen LogP contribution >= 0.6 is 34.0 Å². The molecule has 0 amide bonds. The Morgan fingerprint density at radius 1 is 0.826 bits per heavy atom. The van der Waals surface area contributed by atoms with Crippen LogP contribution in [0.1, 0.15) is 14.8 Å². The maximum absolute atomic E-state index is 4.73. The lowest BCUT2D eigenvalue weighted by atomic mass is 10.3. The maximum Gasteiger partial charge on any atom is 0.124 e. The van der Waals surface area contributed by atoms with Gasteiger partial charge < -0.3 is 4.52 Å². The number of thiazole rings is 1. The molecule has 0 saturated heterocycles. The van der Waals surface area contributed by atoms with Crippen molar-refractivity contribution < 1.29 is 4.52 Å². The van der Waals surface area contributed by atoms with Crippen LogP contribution in [-0.2, 0) is 0 Å². The maximum atomic E-state index is 4.73. The van der Waals surface area contributed by atoms with Gasteiger partial charge >= 0.3 is 0 Å². The fourth-order valence-corrected chi connectivity index (χ4v) is 4.31. The Labute approximate surface area is 147 Å². The van der Waals surface area contributed by atoms with Gasteiger partial charge in [-0.1, -0.05) is 5.16 Å². The highest BCUT2D eigenvalue weighted by Crippen LogP contribution is 2.28. The third kappa shape index (κ3) is 4.16. The lowest BCUT2D eigenvalue weighted by Crippen LogP contribution is -1.70. The van der Waals surface area contributed by atoms with Gasteiger partial charge in [-0.15, -0.1) is 34.0 Å². The Bertz CT molecular complexity index is 833. The van der Waals surface area contributed by atoms with E-state index in [2.05, 4.69) is 53.6 Å². The van der Waals surface area contributed by atoms with Crippen molar-refractivity contribution in [1.29, 1.82) is 0 Å². The summed E-state index contributed by atoms with van der Waals surface area (Å²) in [6.07, 6.45) is 1.59. The highest BCUT2D eigenvalue weighted by molar-refractivity contribution is 7.16. The summed E-state index contributed by atoms with van der Waals surface area (Å²) >= 11 is 5.23. The molecule has 0 atom stereocenters. The van der Waals surface area contributed by atoms with Crippen molar-refractivity contribution in [2.45, 2.75) is 20.8 Å². The van der Waals surface area contributed by atoms with E-state index in [1.807, 2.05) is 13.0 Å². The summed E-state index contributed by atoms with van der Waals surface area (Å²) in [7, 11) is 0. The summed E-state index contributed by atoms with van der Waals surface area (Å²) in [5, 5.41) is 7.08. The summed E-state index contributed by atoms with van der Waals surface area (Å²) in [4.78, 5) is 9.50. The number of hydrogen-bond acceptors (Lipinski definition) is 6. The molecule has 0 radical (unpaired) electrons. The normalized spacial score (nSPS) is 10.4. The topological polar surface area (TPSA) is 38.9 Å². The molecule has 4 heterocycles. The molecule has 0 aliphatic carbocycles. The van der Waals surface area contributed by atoms with Gasteiger partial charge in [0.2, 0.25) is 0 Å². The van der Waals surface area contributed by atoms with Crippen molar-refractivity contribution in [3.05, 3.63) is 56.7 Å². The van der Waals surface area contributed by atoms with Crippen molar-refractivity contribution in [2.24, 2.45) is 0 Å². The Morgan fingerprint density at radius 3 is 1.91 bits per heavy atom. The van der Waals surface area contributed by atoms with Crippen LogP contribution < -0.4 is 0 Å². The zero-order valence-electron chi connectivity index (χ0n) is 13.1. The summed E-state index contributed by atoms with van der Waals surface area (Å²) in [5.41, 5.74) is 2.04. The van der Waals surface area contributed by atoms with Crippen LogP contribution in [0.25, 0.3) is 21.1 Å². The molecular weight excluding hydrogens is 344 g/mol. The second-order valence-electron chi connectivity index (χ2n) is 4.96. The molecule has 118 valence electrons. The molecule has 0 aromatic carbocycles. The monoisotopic (exact) mass is 360 g/mol. The molecular formula is C17H16N2OS3. The first-order chi connectivity index (χ1) is 11.1. The SMILES string of the molecule is Cc1ccc(-c2ccon2)s1.Cc1ccc(-c2csc(C)n2)s1. The van der Waals surface area contributed by atoms with E-state index in [0.717, 1.165) is 21.3 Å². The average Bonchev–Trinajstić information content (AvgIpc) is 3.26. The van der Waals surface area contributed by atoms with E-state index >= 15 is 0 Å². The second-order valence-corrected chi connectivity index (χ2v) is 8.60. The van der Waals surface area contributed by atoms with Crippen molar-refractivity contribution in [3.8, 4) is 21.1 Å². The molecule has 4 rings (SSSR count). The third-order valence-electron chi connectivity index (χ3n) is 3.04. The first-order valence-corrected chi connectivity index (χ1v) is 9.59. The van der Waals surface area contributed by atoms with Gasteiger partial charge in [-0.3, -0.25) is 0 Å². The highest BCUT2D eigenvalue weighted by Gasteiger charge is 2.03. The zero-order chi connectivity index (χ0) is 16.2. The van der Waals surface area contributed by atoms with Gasteiger partial charge in [0.15, 0.2) is 0 Å². The van der Waals surface area contributed by atoms with Crippen molar-refractivity contribution in [3.63, 3.8) is 0 Å². The van der Waals surface area contributed by atoms with Crippen LogP contribution in [0, 0.1) is 20.8 Å². The minimum atomic E-state index is 0.920. The molecule has 0 N–H and O–H groups in total. The summed E-state index contributed by atoms with van der Waals surface area (Å²) in [6.45, 7) is 6.23. The lowest BCUT2D eigenvalue weighted by molar-refractivity contribution is 0.422. The number of aryl methyl sites for hydroxylation is 3. The highest BCUT2D eigenvalue weighted by atomic mass is 32.1. The van der Waals surface area contributed by atoms with Crippen molar-refractivity contribution >= 4 is 34.0 Å². The van der Waals surface area contributed by atoms with Gasteiger partial charge in [-0.25, -0.2) is 4.98 Å². The molecule has 3 nitrogen and oxygen atoms in total. The van der Waals surface area contributed by atoms with E-state index in [1.54, 1.807) is 40.3 Å². The molecule has 0 bridgehead atoms. The van der Waals surface area contributed by atoms with E-state index in [1.165, 1.54) is 14.6 Å². The second kappa shape index (κ2) is 7.21. The van der Waals surface area contributed by atoms with Crippen LogP contribution in [-0.4, -0.2) is 10.1 Å². The summed E-state index contributed by atoms with van der Waals surface area (Å²) in [6, 6.07) is 10.3. The van der Waals surface area contributed by atoms with Crippen molar-refractivity contribution in [1.82, 2.24) is 10.1 Å². The molecule has 4 aromatic heterocycles. The first-order valence-electron chi connectivity index (χ1n) is 7.08. The molecule has 0 aliphatic heterocycles. The van der Waals surface area contributed by atoms with E-state index in [4.69, 9.17) is 4.52 Å². The fraction of sp³-hybridized carbons (Fsp3) is 0.176. The van der Waals surface area contributed by atoms with E-state index in [9.17, 15) is 0 Å². The Hall–Kier alpha value is -1.76. The van der Waals surface area contributed by atoms with E-state index in [0.29, 0.717) is 0 Å². The van der Waals surface area contributed by atoms with E-state index in [-0.39, 0.29) is 0 Å². The number of thiophene rings is 2. The van der Waals surface area contributed by atoms with Crippen molar-refractivity contribution in [2.75, 3.05) is 0 Å². The summed E-state index contributed by atoms with van der Waals surface area (Å²) in [5.74, 6) is 0. The van der Waals surface area contributed by atoms with Gasteiger partial charge in [0.05, 0.1) is 20.5 Å². The molecule has 4 aromatic rings. The summed E-state index contributed by atoms with van der Waals surface area (Å²) < 4.78 is 4.73. The standard InChI is InChI=1S/C9H9NS2.C8H7NOS/c1-6-3-4-9(12-6)8-5-11-7(2)10-8;1-6-2-3-8(11-6)7-4-5-10-9-7/h3-5H,1-2H3;2-5H,1H3. The fourth-order valence-electron chi connectivity index (χ4n) is 1.96.